The quantitative estimate of drug-likeness (QED) is 0.651. The van der Waals surface area contributed by atoms with Crippen molar-refractivity contribution in [2.45, 2.75) is 19.8 Å². The molecule has 0 spiro atoms. The van der Waals surface area contributed by atoms with Crippen LogP contribution in [0.1, 0.15) is 24.0 Å². The van der Waals surface area contributed by atoms with Gasteiger partial charge in [-0.25, -0.2) is 0 Å². The number of aryl methyl sites for hydroxylation is 1. The van der Waals surface area contributed by atoms with Crippen LogP contribution in [-0.2, 0) is 0 Å². The lowest BCUT2D eigenvalue weighted by Gasteiger charge is -2.10. The number of ether oxygens (including phenoxy) is 1. The Bertz CT molecular complexity index is 264. The minimum absolute atomic E-state index is 0.320. The summed E-state index contributed by atoms with van der Waals surface area (Å²) >= 11 is 0. The second-order valence-electron chi connectivity index (χ2n) is 3.12. The van der Waals surface area contributed by atoms with Gasteiger partial charge in [0.2, 0.25) is 0 Å². The molecule has 0 aliphatic heterocycles. The van der Waals surface area contributed by atoms with Crippen LogP contribution in [0.15, 0.2) is 18.2 Å². The molecule has 12 heavy (non-hydrogen) atoms. The second kappa shape index (κ2) is 3.61. The molecule has 1 nitrogen and oxygen atoms in total. The first kappa shape index (κ1) is 9.11. The predicted molar refractivity (Wildman–Crippen MR) is 51.5 cm³/mol. The molecule has 0 aliphatic rings. The highest BCUT2D eigenvalue weighted by molar-refractivity contribution is 5.37. The Morgan fingerprint density at radius 1 is 1.42 bits per heavy atom. The van der Waals surface area contributed by atoms with Crippen molar-refractivity contribution < 1.29 is 4.74 Å². The molecule has 65 valence electrons. The van der Waals surface area contributed by atoms with Crippen LogP contribution in [0.2, 0.25) is 0 Å². The Hall–Kier alpha value is -0.980. The smallest absolute Gasteiger partial charge is 0.119 e. The van der Waals surface area contributed by atoms with E-state index in [1.54, 1.807) is 7.11 Å². The van der Waals surface area contributed by atoms with Crippen molar-refractivity contribution >= 4 is 0 Å². The molecule has 1 heteroatoms. The summed E-state index contributed by atoms with van der Waals surface area (Å²) in [6, 6.07) is 6.09. The largest absolute Gasteiger partial charge is 0.497 e. The molecule has 1 unspecified atom stereocenters. The summed E-state index contributed by atoms with van der Waals surface area (Å²) in [5.41, 5.74) is 2.53. The van der Waals surface area contributed by atoms with Crippen molar-refractivity contribution in [3.8, 4) is 5.75 Å². The van der Waals surface area contributed by atoms with E-state index in [0.29, 0.717) is 5.92 Å². The normalized spacial score (nSPS) is 10.4. The Labute approximate surface area is 74.4 Å². The minimum Gasteiger partial charge on any atom is -0.497 e. The third-order valence-corrected chi connectivity index (χ3v) is 2.02. The van der Waals surface area contributed by atoms with Gasteiger partial charge in [-0.15, -0.1) is 0 Å². The summed E-state index contributed by atoms with van der Waals surface area (Å²) in [6.45, 7) is 8.17. The lowest BCUT2D eigenvalue weighted by Crippen LogP contribution is -1.93. The highest BCUT2D eigenvalue weighted by Gasteiger charge is 2.03. The van der Waals surface area contributed by atoms with Crippen LogP contribution in [0.5, 0.6) is 5.75 Å². The van der Waals surface area contributed by atoms with E-state index in [1.165, 1.54) is 11.1 Å². The maximum absolute atomic E-state index is 5.13. The molecule has 0 aromatic heterocycles. The lowest BCUT2D eigenvalue weighted by molar-refractivity contribution is 0.414. The zero-order valence-electron chi connectivity index (χ0n) is 7.92. The van der Waals surface area contributed by atoms with Crippen LogP contribution in [-0.4, -0.2) is 7.11 Å². The van der Waals surface area contributed by atoms with Crippen LogP contribution >= 0.6 is 0 Å². The first-order valence-corrected chi connectivity index (χ1v) is 4.12. The molecular weight excluding hydrogens is 148 g/mol. The van der Waals surface area contributed by atoms with Crippen molar-refractivity contribution in [1.82, 2.24) is 0 Å². The highest BCUT2D eigenvalue weighted by Crippen LogP contribution is 2.23. The molecule has 0 aliphatic carbocycles. The third kappa shape index (κ3) is 1.79. The molecular formula is C11H15O. The fraction of sp³-hybridized carbons (Fsp3) is 0.364. The minimum atomic E-state index is 0.320. The average Bonchev–Trinajstić information content (AvgIpc) is 2.05. The van der Waals surface area contributed by atoms with E-state index in [2.05, 4.69) is 26.8 Å². The molecule has 0 bridgehead atoms. The lowest BCUT2D eigenvalue weighted by atomic mass is 9.98. The molecule has 1 aromatic rings. The molecule has 0 saturated carbocycles. The molecule has 0 N–H and O–H groups in total. The van der Waals surface area contributed by atoms with Gasteiger partial charge >= 0.3 is 0 Å². The van der Waals surface area contributed by atoms with Crippen molar-refractivity contribution in [2.24, 2.45) is 0 Å². The van der Waals surface area contributed by atoms with Gasteiger partial charge < -0.3 is 4.74 Å². The summed E-state index contributed by atoms with van der Waals surface area (Å²) in [5.74, 6) is 1.23. The molecule has 0 heterocycles. The van der Waals surface area contributed by atoms with E-state index in [4.69, 9.17) is 4.74 Å². The van der Waals surface area contributed by atoms with Gasteiger partial charge in [-0.3, -0.25) is 0 Å². The Morgan fingerprint density at radius 2 is 2.08 bits per heavy atom. The van der Waals surface area contributed by atoms with E-state index < -0.39 is 0 Å². The van der Waals surface area contributed by atoms with Crippen molar-refractivity contribution in [1.29, 1.82) is 0 Å². The van der Waals surface area contributed by atoms with Gasteiger partial charge in [0, 0.05) is 0 Å². The maximum atomic E-state index is 5.13. The Kier molecular flexibility index (Phi) is 2.74. The van der Waals surface area contributed by atoms with Gasteiger partial charge in [0.25, 0.3) is 0 Å². The number of methoxy groups -OCH3 is 1. The monoisotopic (exact) mass is 163 g/mol. The first-order valence-electron chi connectivity index (χ1n) is 4.12. The van der Waals surface area contributed by atoms with E-state index in [1.807, 2.05) is 12.1 Å². The second-order valence-corrected chi connectivity index (χ2v) is 3.12. The molecule has 1 aromatic carbocycles. The van der Waals surface area contributed by atoms with Crippen LogP contribution in [0.4, 0.5) is 0 Å². The first-order chi connectivity index (χ1) is 5.65. The number of benzene rings is 1. The van der Waals surface area contributed by atoms with Crippen molar-refractivity contribution in [2.75, 3.05) is 7.11 Å². The topological polar surface area (TPSA) is 9.23 Å². The Morgan fingerprint density at radius 3 is 2.58 bits per heavy atom. The summed E-state index contributed by atoms with van der Waals surface area (Å²) in [6.07, 6.45) is 0. The fourth-order valence-electron chi connectivity index (χ4n) is 1.28. The van der Waals surface area contributed by atoms with E-state index >= 15 is 0 Å². The average molecular weight is 163 g/mol. The van der Waals surface area contributed by atoms with E-state index in [0.717, 1.165) is 5.75 Å². The molecule has 0 fully saturated rings. The summed E-state index contributed by atoms with van der Waals surface area (Å²) in [7, 11) is 1.68. The van der Waals surface area contributed by atoms with Gasteiger partial charge in [0.1, 0.15) is 5.75 Å². The number of rotatable bonds is 2. The molecule has 1 rings (SSSR count). The highest BCUT2D eigenvalue weighted by atomic mass is 16.5. The van der Waals surface area contributed by atoms with Gasteiger partial charge in [-0.05, 0) is 43.0 Å². The zero-order valence-corrected chi connectivity index (χ0v) is 7.92. The SMILES string of the molecule is [CH2]C(C)c1cc(OC)ccc1C. The van der Waals surface area contributed by atoms with Crippen molar-refractivity contribution in [3.05, 3.63) is 36.2 Å². The van der Waals surface area contributed by atoms with Crippen LogP contribution in [0, 0.1) is 13.8 Å². The maximum Gasteiger partial charge on any atom is 0.119 e. The van der Waals surface area contributed by atoms with Gasteiger partial charge in [0.05, 0.1) is 7.11 Å². The number of hydrogen-bond acceptors (Lipinski definition) is 1. The molecule has 1 atom stereocenters. The van der Waals surface area contributed by atoms with E-state index in [-0.39, 0.29) is 0 Å². The van der Waals surface area contributed by atoms with Gasteiger partial charge in [-0.1, -0.05) is 13.0 Å². The molecule has 0 amide bonds. The van der Waals surface area contributed by atoms with Crippen LogP contribution in [0.25, 0.3) is 0 Å². The summed E-state index contributed by atoms with van der Waals surface area (Å²) < 4.78 is 5.13. The van der Waals surface area contributed by atoms with E-state index in [9.17, 15) is 0 Å². The molecule has 1 radical (unpaired) electrons. The summed E-state index contributed by atoms with van der Waals surface area (Å²) in [4.78, 5) is 0. The fourth-order valence-corrected chi connectivity index (χ4v) is 1.28. The number of hydrogen-bond donors (Lipinski definition) is 0. The van der Waals surface area contributed by atoms with Crippen molar-refractivity contribution in [3.63, 3.8) is 0 Å². The third-order valence-electron chi connectivity index (χ3n) is 2.02. The summed E-state index contributed by atoms with van der Waals surface area (Å²) in [5, 5.41) is 0. The predicted octanol–water partition coefficient (Wildman–Crippen LogP) is 2.94. The van der Waals surface area contributed by atoms with Crippen LogP contribution < -0.4 is 4.74 Å². The molecule has 0 saturated heterocycles. The zero-order chi connectivity index (χ0) is 9.14. The van der Waals surface area contributed by atoms with Gasteiger partial charge in [0.15, 0.2) is 0 Å². The Balaban J connectivity index is 3.08. The van der Waals surface area contributed by atoms with Gasteiger partial charge in [-0.2, -0.15) is 0 Å². The van der Waals surface area contributed by atoms with Crippen LogP contribution in [0.3, 0.4) is 0 Å². The standard InChI is InChI=1S/C11H15O/c1-8(2)11-7-10(12-4)6-5-9(11)3/h5-8H,1H2,2-4H3.